The van der Waals surface area contributed by atoms with E-state index in [9.17, 15) is 4.79 Å². The summed E-state index contributed by atoms with van der Waals surface area (Å²) in [6.45, 7) is 2.00. The summed E-state index contributed by atoms with van der Waals surface area (Å²) >= 11 is 0. The number of hydrogen-bond donors (Lipinski definition) is 1. The summed E-state index contributed by atoms with van der Waals surface area (Å²) in [5.41, 5.74) is 2.00. The first-order valence-electron chi connectivity index (χ1n) is 5.97. The van der Waals surface area contributed by atoms with Crippen molar-refractivity contribution in [2.75, 3.05) is 6.54 Å². The highest BCUT2D eigenvalue weighted by Gasteiger charge is 2.28. The summed E-state index contributed by atoms with van der Waals surface area (Å²) in [5.74, 6) is 0.0880. The van der Waals surface area contributed by atoms with Gasteiger partial charge in [-0.3, -0.25) is 9.69 Å². The number of nitrogens with one attached hydrogen (secondary N) is 1. The summed E-state index contributed by atoms with van der Waals surface area (Å²) in [6.07, 6.45) is 3.79. The minimum atomic E-state index is 0.0880. The molecule has 16 heavy (non-hydrogen) atoms. The second kappa shape index (κ2) is 3.91. The predicted molar refractivity (Wildman–Crippen MR) is 62.0 cm³/mol. The second-order valence-corrected chi connectivity index (χ2v) is 4.61. The van der Waals surface area contributed by atoms with Crippen LogP contribution in [0.5, 0.6) is 0 Å². The third kappa shape index (κ3) is 1.61. The zero-order valence-corrected chi connectivity index (χ0v) is 9.28. The average molecular weight is 216 g/mol. The maximum atomic E-state index is 12.0. The van der Waals surface area contributed by atoms with Gasteiger partial charge in [0.25, 0.3) is 5.91 Å². The molecule has 0 radical (unpaired) electrons. The second-order valence-electron chi connectivity index (χ2n) is 4.61. The quantitative estimate of drug-likeness (QED) is 0.716. The van der Waals surface area contributed by atoms with Gasteiger partial charge in [0.05, 0.1) is 6.17 Å². The lowest BCUT2D eigenvalue weighted by Gasteiger charge is -2.34. The minimum Gasteiger partial charge on any atom is -0.336 e. The van der Waals surface area contributed by atoms with Crippen molar-refractivity contribution in [2.24, 2.45) is 0 Å². The molecule has 1 saturated heterocycles. The molecule has 84 valence electrons. The first-order chi connectivity index (χ1) is 7.84. The van der Waals surface area contributed by atoms with Crippen molar-refractivity contribution in [3.63, 3.8) is 0 Å². The summed E-state index contributed by atoms with van der Waals surface area (Å²) in [4.78, 5) is 14.4. The molecule has 0 spiro atoms. The van der Waals surface area contributed by atoms with Gasteiger partial charge in [-0.15, -0.1) is 0 Å². The van der Waals surface area contributed by atoms with Crippen LogP contribution < -0.4 is 5.32 Å². The molecule has 2 aliphatic rings. The zero-order valence-electron chi connectivity index (χ0n) is 9.28. The number of rotatable bonds is 0. The van der Waals surface area contributed by atoms with Gasteiger partial charge < -0.3 is 5.32 Å². The van der Waals surface area contributed by atoms with Crippen molar-refractivity contribution in [2.45, 2.75) is 32.0 Å². The summed E-state index contributed by atoms with van der Waals surface area (Å²) < 4.78 is 0. The van der Waals surface area contributed by atoms with E-state index in [2.05, 4.69) is 16.3 Å². The lowest BCUT2D eigenvalue weighted by atomic mass is 10.1. The molecule has 1 fully saturated rings. The van der Waals surface area contributed by atoms with Crippen LogP contribution in [-0.4, -0.2) is 23.5 Å². The van der Waals surface area contributed by atoms with Crippen LogP contribution in [0.15, 0.2) is 24.3 Å². The molecular weight excluding hydrogens is 200 g/mol. The van der Waals surface area contributed by atoms with E-state index in [1.807, 2.05) is 18.2 Å². The molecule has 1 N–H and O–H groups in total. The van der Waals surface area contributed by atoms with Crippen molar-refractivity contribution < 1.29 is 4.79 Å². The zero-order chi connectivity index (χ0) is 11.0. The molecule has 1 amide bonds. The van der Waals surface area contributed by atoms with Crippen molar-refractivity contribution in [1.82, 2.24) is 10.2 Å². The fourth-order valence-corrected chi connectivity index (χ4v) is 2.67. The number of hydrogen-bond acceptors (Lipinski definition) is 2. The number of piperidine rings is 1. The largest absolute Gasteiger partial charge is 0.336 e. The molecule has 2 aliphatic heterocycles. The standard InChI is InChI=1S/C13H16N2O/c16-13-11-6-2-1-5-10(11)9-15-8-4-3-7-12(15)14-13/h1-2,5-6,12H,3-4,7-9H2,(H,14,16). The Morgan fingerprint density at radius 3 is 3.06 bits per heavy atom. The minimum absolute atomic E-state index is 0.0880. The number of fused-ring (bicyclic) bond motifs is 2. The maximum Gasteiger partial charge on any atom is 0.252 e. The van der Waals surface area contributed by atoms with E-state index in [1.165, 1.54) is 12.8 Å². The molecule has 3 rings (SSSR count). The highest BCUT2D eigenvalue weighted by atomic mass is 16.1. The monoisotopic (exact) mass is 216 g/mol. The van der Waals surface area contributed by atoms with E-state index in [1.54, 1.807) is 0 Å². The molecule has 0 saturated carbocycles. The van der Waals surface area contributed by atoms with Crippen LogP contribution in [0.1, 0.15) is 35.2 Å². The highest BCUT2D eigenvalue weighted by molar-refractivity contribution is 5.96. The molecular formula is C13H16N2O. The van der Waals surface area contributed by atoms with E-state index in [4.69, 9.17) is 0 Å². The number of benzene rings is 1. The highest BCUT2D eigenvalue weighted by Crippen LogP contribution is 2.23. The van der Waals surface area contributed by atoms with E-state index in [0.29, 0.717) is 0 Å². The lowest BCUT2D eigenvalue weighted by Crippen LogP contribution is -2.48. The maximum absolute atomic E-state index is 12.0. The predicted octanol–water partition coefficient (Wildman–Crippen LogP) is 1.74. The molecule has 3 nitrogen and oxygen atoms in total. The van der Waals surface area contributed by atoms with Crippen LogP contribution in [0.25, 0.3) is 0 Å². The Labute approximate surface area is 95.4 Å². The van der Waals surface area contributed by atoms with Crippen LogP contribution in [0, 0.1) is 0 Å². The fourth-order valence-electron chi connectivity index (χ4n) is 2.67. The number of carbonyl (C=O) groups is 1. The molecule has 1 aromatic rings. The van der Waals surface area contributed by atoms with Crippen LogP contribution >= 0.6 is 0 Å². The Hall–Kier alpha value is -1.35. The van der Waals surface area contributed by atoms with Gasteiger partial charge in [0.15, 0.2) is 0 Å². The molecule has 0 bridgehead atoms. The molecule has 1 atom stereocenters. The summed E-state index contributed by atoms with van der Waals surface area (Å²) in [6, 6.07) is 7.92. The van der Waals surface area contributed by atoms with Gasteiger partial charge in [-0.2, -0.15) is 0 Å². The van der Waals surface area contributed by atoms with E-state index >= 15 is 0 Å². The van der Waals surface area contributed by atoms with Crippen molar-refractivity contribution >= 4 is 5.91 Å². The average Bonchev–Trinajstić information content (AvgIpc) is 2.45. The molecule has 0 aromatic heterocycles. The van der Waals surface area contributed by atoms with Gasteiger partial charge in [0, 0.05) is 18.7 Å². The Morgan fingerprint density at radius 1 is 1.25 bits per heavy atom. The van der Waals surface area contributed by atoms with Crippen molar-refractivity contribution in [1.29, 1.82) is 0 Å². The topological polar surface area (TPSA) is 32.3 Å². The fraction of sp³-hybridized carbons (Fsp3) is 0.462. The third-order valence-electron chi connectivity index (χ3n) is 3.55. The molecule has 1 aromatic carbocycles. The van der Waals surface area contributed by atoms with Gasteiger partial charge >= 0.3 is 0 Å². The van der Waals surface area contributed by atoms with Gasteiger partial charge in [0.1, 0.15) is 0 Å². The number of carbonyl (C=O) groups excluding carboxylic acids is 1. The van der Waals surface area contributed by atoms with Gasteiger partial charge in [0.2, 0.25) is 0 Å². The Kier molecular flexibility index (Phi) is 2.40. The Balaban J connectivity index is 1.97. The van der Waals surface area contributed by atoms with Gasteiger partial charge in [-0.1, -0.05) is 18.2 Å². The SMILES string of the molecule is O=C1NC2CCCCN2Cc2ccccc21. The van der Waals surface area contributed by atoms with E-state index < -0.39 is 0 Å². The van der Waals surface area contributed by atoms with Crippen molar-refractivity contribution in [3.8, 4) is 0 Å². The van der Waals surface area contributed by atoms with Crippen LogP contribution in [-0.2, 0) is 6.54 Å². The number of amides is 1. The number of nitrogens with zero attached hydrogens (tertiary/aromatic N) is 1. The van der Waals surface area contributed by atoms with Crippen LogP contribution in [0.4, 0.5) is 0 Å². The molecule has 2 heterocycles. The van der Waals surface area contributed by atoms with Crippen LogP contribution in [0.2, 0.25) is 0 Å². The smallest absolute Gasteiger partial charge is 0.252 e. The molecule has 1 unspecified atom stereocenters. The first kappa shape index (κ1) is 9.85. The van der Waals surface area contributed by atoms with Crippen LogP contribution in [0.3, 0.4) is 0 Å². The molecule has 3 heteroatoms. The lowest BCUT2D eigenvalue weighted by molar-refractivity contribution is 0.0795. The molecule has 0 aliphatic carbocycles. The van der Waals surface area contributed by atoms with Gasteiger partial charge in [-0.05, 0) is 30.9 Å². The normalized spacial score (nSPS) is 25.2. The Bertz CT molecular complexity index is 416. The summed E-state index contributed by atoms with van der Waals surface area (Å²) in [7, 11) is 0. The summed E-state index contributed by atoms with van der Waals surface area (Å²) in [5, 5.41) is 3.12. The first-order valence-corrected chi connectivity index (χ1v) is 5.97. The van der Waals surface area contributed by atoms with E-state index in [-0.39, 0.29) is 12.1 Å². The Morgan fingerprint density at radius 2 is 2.12 bits per heavy atom. The van der Waals surface area contributed by atoms with Gasteiger partial charge in [-0.25, -0.2) is 0 Å². The van der Waals surface area contributed by atoms with E-state index in [0.717, 1.165) is 30.6 Å². The van der Waals surface area contributed by atoms with Crippen molar-refractivity contribution in [3.05, 3.63) is 35.4 Å². The third-order valence-corrected chi connectivity index (χ3v) is 3.55.